The number of carbonyl (C=O) groups excluding carboxylic acids is 1. The molecule has 2 heterocycles. The highest BCUT2D eigenvalue weighted by molar-refractivity contribution is 7.89. The van der Waals surface area contributed by atoms with Crippen LogP contribution in [-0.4, -0.2) is 48.8 Å². The zero-order chi connectivity index (χ0) is 21.9. The van der Waals surface area contributed by atoms with Crippen LogP contribution in [0.15, 0.2) is 53.7 Å². The molecule has 7 nitrogen and oxygen atoms in total. The van der Waals surface area contributed by atoms with Gasteiger partial charge in [0.25, 0.3) is 5.91 Å². The van der Waals surface area contributed by atoms with Crippen LogP contribution in [-0.2, 0) is 16.6 Å². The van der Waals surface area contributed by atoms with Crippen LogP contribution in [0, 0.1) is 5.92 Å². The minimum Gasteiger partial charge on any atom is -0.351 e. The quantitative estimate of drug-likeness (QED) is 0.597. The summed E-state index contributed by atoms with van der Waals surface area (Å²) in [5.41, 5.74) is 2.31. The Morgan fingerprint density at radius 3 is 2.47 bits per heavy atom. The minimum atomic E-state index is -3.56. The Morgan fingerprint density at radius 1 is 1.13 bits per heavy atom. The lowest BCUT2D eigenvalue weighted by Crippen LogP contribution is -2.27. The van der Waals surface area contributed by atoms with Gasteiger partial charge < -0.3 is 9.88 Å². The lowest BCUT2D eigenvalue weighted by Gasteiger charge is -2.13. The Labute approximate surface area is 177 Å². The lowest BCUT2D eigenvalue weighted by molar-refractivity contribution is 0.0943. The van der Waals surface area contributed by atoms with E-state index in [-0.39, 0.29) is 10.8 Å². The summed E-state index contributed by atoms with van der Waals surface area (Å²) in [6.45, 7) is 5.30. The summed E-state index contributed by atoms with van der Waals surface area (Å²) in [6, 6.07) is 10.5. The predicted molar refractivity (Wildman–Crippen MR) is 118 cm³/mol. The summed E-state index contributed by atoms with van der Waals surface area (Å²) in [5.74, 6) is 0.324. The van der Waals surface area contributed by atoms with Crippen molar-refractivity contribution < 1.29 is 13.2 Å². The number of fused-ring (bicyclic) bond motifs is 1. The van der Waals surface area contributed by atoms with Gasteiger partial charge in [0.2, 0.25) is 10.0 Å². The van der Waals surface area contributed by atoms with Gasteiger partial charge in [-0.1, -0.05) is 13.8 Å². The van der Waals surface area contributed by atoms with E-state index in [0.717, 1.165) is 17.5 Å². The summed E-state index contributed by atoms with van der Waals surface area (Å²) < 4.78 is 28.2. The average Bonchev–Trinajstić information content (AvgIpc) is 3.06. The molecule has 160 valence electrons. The number of hydrogen-bond acceptors (Lipinski definition) is 4. The zero-order valence-electron chi connectivity index (χ0n) is 17.8. The molecule has 1 amide bonds. The Hall–Kier alpha value is -2.71. The molecule has 0 fully saturated rings. The number of nitrogens with one attached hydrogen (secondary N) is 1. The predicted octanol–water partition coefficient (Wildman–Crippen LogP) is 3.11. The molecular weight excluding hydrogens is 400 g/mol. The molecule has 0 saturated carbocycles. The maximum Gasteiger partial charge on any atom is 0.267 e. The molecule has 30 heavy (non-hydrogen) atoms. The summed E-state index contributed by atoms with van der Waals surface area (Å²) in [5, 5.41) is 3.69. The Bertz CT molecular complexity index is 1140. The number of pyridine rings is 1. The van der Waals surface area contributed by atoms with Crippen LogP contribution in [0.2, 0.25) is 0 Å². The summed E-state index contributed by atoms with van der Waals surface area (Å²) in [4.78, 5) is 17.2. The molecule has 2 aromatic heterocycles. The van der Waals surface area contributed by atoms with Gasteiger partial charge in [0.15, 0.2) is 0 Å². The van der Waals surface area contributed by atoms with Crippen molar-refractivity contribution in [1.82, 2.24) is 19.2 Å². The second kappa shape index (κ2) is 8.97. The van der Waals surface area contributed by atoms with Crippen LogP contribution in [0.3, 0.4) is 0 Å². The Balaban J connectivity index is 2.05. The van der Waals surface area contributed by atoms with E-state index in [0.29, 0.717) is 30.1 Å². The van der Waals surface area contributed by atoms with Crippen molar-refractivity contribution in [2.45, 2.75) is 31.7 Å². The highest BCUT2D eigenvalue weighted by atomic mass is 32.2. The van der Waals surface area contributed by atoms with E-state index in [9.17, 15) is 13.2 Å². The van der Waals surface area contributed by atoms with Crippen LogP contribution >= 0.6 is 0 Å². The molecule has 0 atom stereocenters. The van der Waals surface area contributed by atoms with Crippen LogP contribution in [0.1, 0.15) is 36.3 Å². The molecule has 1 aromatic carbocycles. The maximum absolute atomic E-state index is 12.9. The van der Waals surface area contributed by atoms with E-state index in [1.807, 2.05) is 16.7 Å². The number of hydrogen-bond donors (Lipinski definition) is 1. The molecule has 0 unspecified atom stereocenters. The second-order valence-corrected chi connectivity index (χ2v) is 10.1. The van der Waals surface area contributed by atoms with Crippen LogP contribution < -0.4 is 5.32 Å². The third-order valence-electron chi connectivity index (χ3n) is 4.98. The molecular formula is C22H28N4O3S. The van der Waals surface area contributed by atoms with E-state index in [1.54, 1.807) is 36.7 Å². The Kier molecular flexibility index (Phi) is 6.58. The normalized spacial score (nSPS) is 12.1. The smallest absolute Gasteiger partial charge is 0.267 e. The zero-order valence-corrected chi connectivity index (χ0v) is 18.6. The Morgan fingerprint density at radius 2 is 1.83 bits per heavy atom. The van der Waals surface area contributed by atoms with E-state index in [2.05, 4.69) is 24.1 Å². The molecule has 3 rings (SSSR count). The maximum atomic E-state index is 12.9. The van der Waals surface area contributed by atoms with Gasteiger partial charge in [0, 0.05) is 50.5 Å². The third-order valence-corrected chi connectivity index (χ3v) is 6.79. The number of sulfonamides is 1. The second-order valence-electron chi connectivity index (χ2n) is 7.92. The van der Waals surface area contributed by atoms with Crippen molar-refractivity contribution in [3.8, 4) is 0 Å². The number of nitrogens with zero attached hydrogens (tertiary/aromatic N) is 3. The van der Waals surface area contributed by atoms with Gasteiger partial charge in [-0.3, -0.25) is 9.78 Å². The fourth-order valence-electron chi connectivity index (χ4n) is 3.21. The van der Waals surface area contributed by atoms with Gasteiger partial charge in [0.1, 0.15) is 5.69 Å². The molecule has 0 saturated heterocycles. The number of carbonyl (C=O) groups is 1. The highest BCUT2D eigenvalue weighted by Gasteiger charge is 2.21. The van der Waals surface area contributed by atoms with Gasteiger partial charge in [-0.25, -0.2) is 12.7 Å². The van der Waals surface area contributed by atoms with Crippen LogP contribution in [0.4, 0.5) is 0 Å². The van der Waals surface area contributed by atoms with Crippen molar-refractivity contribution in [1.29, 1.82) is 0 Å². The molecule has 8 heteroatoms. The number of rotatable bonds is 8. The largest absolute Gasteiger partial charge is 0.351 e. The fourth-order valence-corrected chi connectivity index (χ4v) is 4.15. The first kappa shape index (κ1) is 22.0. The molecule has 0 aliphatic heterocycles. The molecule has 0 spiro atoms. The van der Waals surface area contributed by atoms with Gasteiger partial charge >= 0.3 is 0 Å². The van der Waals surface area contributed by atoms with Crippen LogP contribution in [0.5, 0.6) is 0 Å². The molecule has 0 aliphatic rings. The van der Waals surface area contributed by atoms with E-state index in [1.165, 1.54) is 18.4 Å². The number of benzene rings is 1. The van der Waals surface area contributed by atoms with Crippen molar-refractivity contribution in [3.63, 3.8) is 0 Å². The van der Waals surface area contributed by atoms with Gasteiger partial charge in [-0.2, -0.15) is 0 Å². The van der Waals surface area contributed by atoms with Crippen molar-refractivity contribution >= 4 is 26.8 Å². The molecule has 1 N–H and O–H groups in total. The summed E-state index contributed by atoms with van der Waals surface area (Å²) >= 11 is 0. The fraction of sp³-hybridized carbons (Fsp3) is 0.364. The third kappa shape index (κ3) is 4.71. The van der Waals surface area contributed by atoms with E-state index < -0.39 is 10.0 Å². The first-order valence-electron chi connectivity index (χ1n) is 9.93. The van der Waals surface area contributed by atoms with Gasteiger partial charge in [-0.15, -0.1) is 0 Å². The minimum absolute atomic E-state index is 0.169. The standard InChI is InChI=1S/C22H28N4O3S/c1-16(2)7-12-24-22(27)21-14-18-13-19(30(28,29)25(3)4)5-6-20(18)26(21)15-17-8-10-23-11-9-17/h5-6,8-11,13-14,16H,7,12,15H2,1-4H3,(H,24,27). The first-order valence-corrected chi connectivity index (χ1v) is 11.4. The van der Waals surface area contributed by atoms with Crippen LogP contribution in [0.25, 0.3) is 10.9 Å². The van der Waals surface area contributed by atoms with Gasteiger partial charge in [-0.05, 0) is 54.3 Å². The van der Waals surface area contributed by atoms with Gasteiger partial charge in [0.05, 0.1) is 4.90 Å². The molecule has 0 aliphatic carbocycles. The van der Waals surface area contributed by atoms with E-state index in [4.69, 9.17) is 0 Å². The molecule has 0 bridgehead atoms. The number of aromatic nitrogens is 2. The topological polar surface area (TPSA) is 84.3 Å². The SMILES string of the molecule is CC(C)CCNC(=O)c1cc2cc(S(=O)(=O)N(C)C)ccc2n1Cc1ccncc1. The monoisotopic (exact) mass is 428 g/mol. The van der Waals surface area contributed by atoms with Crippen molar-refractivity contribution in [2.75, 3.05) is 20.6 Å². The van der Waals surface area contributed by atoms with Crippen molar-refractivity contribution in [3.05, 3.63) is 60.0 Å². The molecule has 3 aromatic rings. The van der Waals surface area contributed by atoms with E-state index >= 15 is 0 Å². The summed E-state index contributed by atoms with van der Waals surface area (Å²) in [6.07, 6.45) is 4.32. The molecule has 0 radical (unpaired) electrons. The highest BCUT2D eigenvalue weighted by Crippen LogP contribution is 2.25. The lowest BCUT2D eigenvalue weighted by atomic mass is 10.1. The summed E-state index contributed by atoms with van der Waals surface area (Å²) in [7, 11) is -0.556. The average molecular weight is 429 g/mol. The number of amides is 1. The first-order chi connectivity index (χ1) is 14.2. The van der Waals surface area contributed by atoms with Crippen molar-refractivity contribution in [2.24, 2.45) is 5.92 Å².